The third kappa shape index (κ3) is 2.51. The lowest BCUT2D eigenvalue weighted by Crippen LogP contribution is -2.29. The maximum atomic E-state index is 11.9. The summed E-state index contributed by atoms with van der Waals surface area (Å²) in [7, 11) is 0. The van der Waals surface area contributed by atoms with Crippen LogP contribution in [0.3, 0.4) is 0 Å². The highest BCUT2D eigenvalue weighted by Gasteiger charge is 2.24. The highest BCUT2D eigenvalue weighted by atomic mass is 19.1. The number of nitrogen functional groups attached to an aromatic ring is 1. The molecule has 100 valence electrons. The van der Waals surface area contributed by atoms with Gasteiger partial charge in [0.25, 0.3) is 5.56 Å². The Morgan fingerprint density at radius 1 is 1.67 bits per heavy atom. The van der Waals surface area contributed by atoms with Crippen LogP contribution in [0.4, 0.5) is 21.8 Å². The largest absolute Gasteiger partial charge is 0.369 e. The molecule has 1 aliphatic heterocycles. The van der Waals surface area contributed by atoms with E-state index in [2.05, 4.69) is 15.3 Å². The number of rotatable bonds is 5. The molecule has 1 unspecified atom stereocenters. The standard InChI is InChI=1S/C9H14FN5O3/c10-2-1-5(16)18-4-15-3-12-6-7(15)13-9(11)14-8(6)17/h5,12,16H,1-4H2,(H3,11,13,14,17). The highest BCUT2D eigenvalue weighted by molar-refractivity contribution is 5.70. The smallest absolute Gasteiger partial charge is 0.277 e. The third-order valence-corrected chi connectivity index (χ3v) is 2.44. The molecule has 18 heavy (non-hydrogen) atoms. The van der Waals surface area contributed by atoms with Crippen LogP contribution in [-0.2, 0) is 4.74 Å². The number of nitrogens with one attached hydrogen (secondary N) is 2. The SMILES string of the molecule is Nc1nc2c(c(=O)[nH]1)NCN2COC(O)CCF. The summed E-state index contributed by atoms with van der Waals surface area (Å²) in [4.78, 5) is 19.4. The first kappa shape index (κ1) is 12.6. The van der Waals surface area contributed by atoms with Crippen molar-refractivity contribution in [2.45, 2.75) is 12.7 Å². The summed E-state index contributed by atoms with van der Waals surface area (Å²) in [6.45, 7) is -0.380. The van der Waals surface area contributed by atoms with Gasteiger partial charge in [-0.15, -0.1) is 0 Å². The van der Waals surface area contributed by atoms with Gasteiger partial charge in [-0.2, -0.15) is 4.98 Å². The van der Waals surface area contributed by atoms with E-state index >= 15 is 0 Å². The van der Waals surface area contributed by atoms with E-state index in [1.54, 1.807) is 4.90 Å². The molecule has 1 aromatic heterocycles. The van der Waals surface area contributed by atoms with Crippen LogP contribution in [-0.4, -0.2) is 41.4 Å². The Hall–Kier alpha value is -1.87. The molecule has 8 nitrogen and oxygen atoms in total. The molecule has 9 heteroatoms. The summed E-state index contributed by atoms with van der Waals surface area (Å²) in [5.41, 5.74) is 5.36. The number of aromatic nitrogens is 2. The summed E-state index contributed by atoms with van der Waals surface area (Å²) in [5, 5.41) is 12.1. The monoisotopic (exact) mass is 259 g/mol. The van der Waals surface area contributed by atoms with Gasteiger partial charge in [0.1, 0.15) is 12.4 Å². The number of anilines is 3. The minimum absolute atomic E-state index is 0.00300. The first-order valence-electron chi connectivity index (χ1n) is 5.36. The number of aliphatic hydroxyl groups excluding tert-OH is 1. The van der Waals surface area contributed by atoms with Crippen molar-refractivity contribution >= 4 is 17.5 Å². The van der Waals surface area contributed by atoms with Crippen LogP contribution in [0.1, 0.15) is 6.42 Å². The number of alkyl halides is 1. The number of fused-ring (bicyclic) bond motifs is 1. The number of hydrogen-bond acceptors (Lipinski definition) is 7. The van der Waals surface area contributed by atoms with Crippen molar-refractivity contribution in [3.8, 4) is 0 Å². The van der Waals surface area contributed by atoms with Gasteiger partial charge in [-0.25, -0.2) is 0 Å². The number of halogens is 1. The zero-order chi connectivity index (χ0) is 13.1. The molecule has 0 aliphatic carbocycles. The van der Waals surface area contributed by atoms with E-state index in [1.807, 2.05) is 0 Å². The van der Waals surface area contributed by atoms with Crippen LogP contribution in [0.2, 0.25) is 0 Å². The molecule has 1 aliphatic rings. The second-order valence-electron chi connectivity index (χ2n) is 3.75. The van der Waals surface area contributed by atoms with Gasteiger partial charge < -0.3 is 25.8 Å². The van der Waals surface area contributed by atoms with Crippen LogP contribution < -0.4 is 21.5 Å². The minimum Gasteiger partial charge on any atom is -0.369 e. The van der Waals surface area contributed by atoms with E-state index in [9.17, 15) is 14.3 Å². The van der Waals surface area contributed by atoms with Gasteiger partial charge in [0.15, 0.2) is 12.1 Å². The number of aliphatic hydroxyl groups is 1. The van der Waals surface area contributed by atoms with Crippen LogP contribution >= 0.6 is 0 Å². The number of hydrogen-bond donors (Lipinski definition) is 4. The van der Waals surface area contributed by atoms with E-state index in [1.165, 1.54) is 0 Å². The second kappa shape index (κ2) is 5.19. The van der Waals surface area contributed by atoms with E-state index in [4.69, 9.17) is 10.5 Å². The maximum Gasteiger partial charge on any atom is 0.277 e. The van der Waals surface area contributed by atoms with Crippen molar-refractivity contribution in [1.29, 1.82) is 0 Å². The number of nitrogens with two attached hydrogens (primary N) is 1. The van der Waals surface area contributed by atoms with Gasteiger partial charge in [-0.3, -0.25) is 14.2 Å². The summed E-state index contributed by atoms with van der Waals surface area (Å²) in [6.07, 6.45) is -1.28. The lowest BCUT2D eigenvalue weighted by atomic mass is 10.4. The van der Waals surface area contributed by atoms with Crippen LogP contribution in [0.15, 0.2) is 4.79 Å². The molecule has 1 aromatic rings. The first-order valence-corrected chi connectivity index (χ1v) is 5.36. The minimum atomic E-state index is -1.18. The average Bonchev–Trinajstić information content (AvgIpc) is 2.70. The molecule has 0 aromatic carbocycles. The van der Waals surface area contributed by atoms with E-state index in [0.717, 1.165) is 0 Å². The summed E-state index contributed by atoms with van der Waals surface area (Å²) < 4.78 is 17.0. The Morgan fingerprint density at radius 3 is 3.17 bits per heavy atom. The average molecular weight is 259 g/mol. The van der Waals surface area contributed by atoms with Gasteiger partial charge in [-0.1, -0.05) is 0 Å². The van der Waals surface area contributed by atoms with Gasteiger partial charge >= 0.3 is 0 Å². The van der Waals surface area contributed by atoms with Crippen molar-refractivity contribution in [3.05, 3.63) is 10.4 Å². The van der Waals surface area contributed by atoms with Crippen molar-refractivity contribution in [2.24, 2.45) is 0 Å². The van der Waals surface area contributed by atoms with E-state index in [0.29, 0.717) is 18.2 Å². The van der Waals surface area contributed by atoms with Crippen molar-refractivity contribution in [1.82, 2.24) is 9.97 Å². The topological polar surface area (TPSA) is 116 Å². The molecule has 2 rings (SSSR count). The van der Waals surface area contributed by atoms with Crippen molar-refractivity contribution in [2.75, 3.05) is 36.0 Å². The van der Waals surface area contributed by atoms with Gasteiger partial charge in [0.2, 0.25) is 5.95 Å². The van der Waals surface area contributed by atoms with Crippen molar-refractivity contribution < 1.29 is 14.2 Å². The van der Waals surface area contributed by atoms with Crippen LogP contribution in [0.25, 0.3) is 0 Å². The fourth-order valence-corrected chi connectivity index (χ4v) is 1.58. The van der Waals surface area contributed by atoms with Gasteiger partial charge in [0.05, 0.1) is 13.3 Å². The summed E-state index contributed by atoms with van der Waals surface area (Å²) in [5.74, 6) is 0.348. The molecule has 5 N–H and O–H groups in total. The fraction of sp³-hybridized carbons (Fsp3) is 0.556. The van der Waals surface area contributed by atoms with E-state index in [-0.39, 0.29) is 24.7 Å². The number of H-pyrrole nitrogens is 1. The number of ether oxygens (including phenoxy) is 1. The first-order chi connectivity index (χ1) is 8.61. The maximum absolute atomic E-state index is 11.9. The molecule has 0 fully saturated rings. The number of aromatic amines is 1. The molecule has 0 bridgehead atoms. The molecule has 0 saturated heterocycles. The summed E-state index contributed by atoms with van der Waals surface area (Å²) in [6, 6.07) is 0. The molecular weight excluding hydrogens is 245 g/mol. The lowest BCUT2D eigenvalue weighted by molar-refractivity contribution is -0.104. The van der Waals surface area contributed by atoms with Crippen LogP contribution in [0.5, 0.6) is 0 Å². The van der Waals surface area contributed by atoms with Gasteiger partial charge in [-0.05, 0) is 0 Å². The second-order valence-corrected chi connectivity index (χ2v) is 3.75. The van der Waals surface area contributed by atoms with E-state index < -0.39 is 13.0 Å². The Kier molecular flexibility index (Phi) is 3.63. The molecule has 2 heterocycles. The third-order valence-electron chi connectivity index (χ3n) is 2.44. The lowest BCUT2D eigenvalue weighted by Gasteiger charge is -2.19. The molecule has 0 saturated carbocycles. The molecule has 0 amide bonds. The zero-order valence-corrected chi connectivity index (χ0v) is 9.52. The Balaban J connectivity index is 2.05. The predicted molar refractivity (Wildman–Crippen MR) is 62.8 cm³/mol. The fourth-order valence-electron chi connectivity index (χ4n) is 1.58. The molecule has 1 atom stereocenters. The summed E-state index contributed by atoms with van der Waals surface area (Å²) >= 11 is 0. The normalized spacial score (nSPS) is 15.3. The van der Waals surface area contributed by atoms with Gasteiger partial charge in [0, 0.05) is 6.42 Å². The Labute approximate surface area is 102 Å². The Morgan fingerprint density at radius 2 is 2.44 bits per heavy atom. The zero-order valence-electron chi connectivity index (χ0n) is 9.52. The predicted octanol–water partition coefficient (Wildman–Crippen LogP) is -0.806. The Bertz CT molecular complexity index is 480. The number of nitrogens with zero attached hydrogens (tertiary/aromatic N) is 2. The van der Waals surface area contributed by atoms with Crippen LogP contribution in [0, 0.1) is 0 Å². The van der Waals surface area contributed by atoms with Crippen molar-refractivity contribution in [3.63, 3.8) is 0 Å². The molecular formula is C9H14FN5O3. The molecule has 0 radical (unpaired) electrons. The quantitative estimate of drug-likeness (QED) is 0.511. The molecule has 0 spiro atoms. The highest BCUT2D eigenvalue weighted by Crippen LogP contribution is 2.25.